The van der Waals surface area contributed by atoms with E-state index in [4.69, 9.17) is 14.2 Å². The molecule has 292 valence electrons. The van der Waals surface area contributed by atoms with Gasteiger partial charge in [0.25, 0.3) is 6.43 Å². The van der Waals surface area contributed by atoms with Gasteiger partial charge in [0.2, 0.25) is 11.8 Å². The molecule has 1 aromatic carbocycles. The number of aromatic nitrogens is 2. The summed E-state index contributed by atoms with van der Waals surface area (Å²) in [5, 5.41) is 8.89. The highest BCUT2D eigenvalue weighted by Crippen LogP contribution is 2.36. The fourth-order valence-electron chi connectivity index (χ4n) is 7.59. The monoisotopic (exact) mass is 752 g/mol. The maximum absolute atomic E-state index is 13.7. The third kappa shape index (κ3) is 10.4. The summed E-state index contributed by atoms with van der Waals surface area (Å²) in [6.07, 6.45) is 3.74. The van der Waals surface area contributed by atoms with Gasteiger partial charge in [0.1, 0.15) is 17.7 Å². The highest BCUT2D eigenvalue weighted by Gasteiger charge is 2.42. The van der Waals surface area contributed by atoms with Crippen molar-refractivity contribution in [2.24, 2.45) is 5.92 Å². The number of alkyl halides is 2. The number of hydrogen-bond donors (Lipinski definition) is 2. The van der Waals surface area contributed by atoms with Gasteiger partial charge in [0.05, 0.1) is 31.0 Å². The van der Waals surface area contributed by atoms with Gasteiger partial charge >= 0.3 is 12.2 Å². The molecular formula is C39H50F2N6O7. The smallest absolute Gasteiger partial charge is 0.412 e. The molecule has 4 fully saturated rings. The number of likely N-dealkylation sites (tertiary alicyclic amines) is 1. The average Bonchev–Trinajstić information content (AvgIpc) is 3.72. The Labute approximate surface area is 314 Å². The summed E-state index contributed by atoms with van der Waals surface area (Å²) in [6, 6.07) is 6.83. The molecule has 4 aliphatic rings. The number of nitrogens with zero attached hydrogens (tertiary/aromatic N) is 4. The second-order valence-electron chi connectivity index (χ2n) is 15.5. The molecule has 6 rings (SSSR count). The van der Waals surface area contributed by atoms with E-state index >= 15 is 0 Å². The van der Waals surface area contributed by atoms with Crippen molar-refractivity contribution < 1.29 is 42.2 Å². The fourth-order valence-corrected chi connectivity index (χ4v) is 7.59. The van der Waals surface area contributed by atoms with E-state index in [9.17, 15) is 28.0 Å². The number of benzene rings is 1. The van der Waals surface area contributed by atoms with Crippen molar-refractivity contribution in [2.45, 2.75) is 115 Å². The molecule has 0 bridgehead atoms. The lowest BCUT2D eigenvalue weighted by Gasteiger charge is -2.36. The Morgan fingerprint density at radius 2 is 1.78 bits per heavy atom. The predicted molar refractivity (Wildman–Crippen MR) is 193 cm³/mol. The molecular weight excluding hydrogens is 702 g/mol. The van der Waals surface area contributed by atoms with Crippen LogP contribution in [0.5, 0.6) is 0 Å². The zero-order valence-electron chi connectivity index (χ0n) is 31.2. The van der Waals surface area contributed by atoms with E-state index in [2.05, 4.69) is 32.5 Å². The lowest BCUT2D eigenvalue weighted by atomic mass is 9.85. The third-order valence-corrected chi connectivity index (χ3v) is 10.4. The molecule has 13 nitrogen and oxygen atoms in total. The van der Waals surface area contributed by atoms with Crippen LogP contribution in [0.4, 0.5) is 24.1 Å². The van der Waals surface area contributed by atoms with Crippen LogP contribution in [-0.4, -0.2) is 94.1 Å². The van der Waals surface area contributed by atoms with Gasteiger partial charge in [0.15, 0.2) is 5.69 Å². The number of anilines is 1. The molecule has 1 aliphatic carbocycles. The number of imide groups is 1. The molecule has 0 unspecified atom stereocenters. The number of carbonyl (C=O) groups is 4. The predicted octanol–water partition coefficient (Wildman–Crippen LogP) is 6.12. The molecule has 3 saturated heterocycles. The van der Waals surface area contributed by atoms with Gasteiger partial charge in [0, 0.05) is 44.2 Å². The van der Waals surface area contributed by atoms with E-state index in [1.165, 1.54) is 11.1 Å². The Hall–Kier alpha value is -4.55. The zero-order valence-corrected chi connectivity index (χ0v) is 31.2. The van der Waals surface area contributed by atoms with Gasteiger partial charge < -0.3 is 19.1 Å². The number of ether oxygens (including phenoxy) is 3. The molecule has 2 N–H and O–H groups in total. The molecule has 4 amide bonds. The molecule has 0 spiro atoms. The number of amides is 4. The van der Waals surface area contributed by atoms with Crippen molar-refractivity contribution in [3.63, 3.8) is 0 Å². The molecule has 2 atom stereocenters. The van der Waals surface area contributed by atoms with Crippen LogP contribution in [0.1, 0.15) is 114 Å². The summed E-state index contributed by atoms with van der Waals surface area (Å²) < 4.78 is 45.9. The number of nitrogens with one attached hydrogen (secondary N) is 2. The van der Waals surface area contributed by atoms with E-state index in [0.29, 0.717) is 25.4 Å². The molecule has 4 heterocycles. The van der Waals surface area contributed by atoms with Gasteiger partial charge in [-0.05, 0) is 89.3 Å². The van der Waals surface area contributed by atoms with Crippen LogP contribution in [0.3, 0.4) is 0 Å². The van der Waals surface area contributed by atoms with Crippen LogP contribution < -0.4 is 10.6 Å². The van der Waals surface area contributed by atoms with Crippen molar-refractivity contribution in [2.75, 3.05) is 38.1 Å². The lowest BCUT2D eigenvalue weighted by Crippen LogP contribution is -2.52. The Balaban J connectivity index is 0.864. The highest BCUT2D eigenvalue weighted by atomic mass is 19.3. The van der Waals surface area contributed by atoms with E-state index in [-0.39, 0.29) is 36.7 Å². The van der Waals surface area contributed by atoms with Gasteiger partial charge in [-0.2, -0.15) is 5.10 Å². The van der Waals surface area contributed by atoms with Crippen LogP contribution in [0, 0.1) is 17.8 Å². The molecule has 1 saturated carbocycles. The summed E-state index contributed by atoms with van der Waals surface area (Å²) in [7, 11) is 0. The molecule has 0 radical (unpaired) electrons. The Bertz CT molecular complexity index is 1720. The molecule has 54 heavy (non-hydrogen) atoms. The summed E-state index contributed by atoms with van der Waals surface area (Å²) in [5.41, 5.74) is 0.463. The Kier molecular flexibility index (Phi) is 12.5. The minimum absolute atomic E-state index is 0.00741. The fraction of sp³-hybridized carbons (Fsp3) is 0.615. The topological polar surface area (TPSA) is 144 Å². The molecule has 1 aromatic heterocycles. The first kappa shape index (κ1) is 39.2. The van der Waals surface area contributed by atoms with Gasteiger partial charge in [-0.25, -0.2) is 18.4 Å². The van der Waals surface area contributed by atoms with Gasteiger partial charge in [-0.15, -0.1) is 0 Å². The SMILES string of the molecule is CC(C)(C)OC(=O)Nc1cn([C@H]2CC[C@H](CN3CCC(OCCC#Cc4ccc([C@@H]5CN([C@@H]6CCC(=O)NC6=O)C(=O)O5)cc4)CC3)CC2)nc1C(F)F. The van der Waals surface area contributed by atoms with Crippen LogP contribution >= 0.6 is 0 Å². The van der Waals surface area contributed by atoms with Gasteiger partial charge in [-0.1, -0.05) is 24.0 Å². The third-order valence-electron chi connectivity index (χ3n) is 10.4. The number of piperidine rings is 2. The van der Waals surface area contributed by atoms with Crippen LogP contribution in [-0.2, 0) is 23.8 Å². The first-order valence-corrected chi connectivity index (χ1v) is 18.9. The molecule has 3 aliphatic heterocycles. The van der Waals surface area contributed by atoms with Crippen molar-refractivity contribution in [1.82, 2.24) is 24.9 Å². The first-order chi connectivity index (χ1) is 25.8. The largest absolute Gasteiger partial charge is 0.444 e. The van der Waals surface area contributed by atoms with E-state index < -0.39 is 48.0 Å². The summed E-state index contributed by atoms with van der Waals surface area (Å²) in [5.74, 6) is 6.09. The summed E-state index contributed by atoms with van der Waals surface area (Å²) in [4.78, 5) is 52.2. The van der Waals surface area contributed by atoms with Crippen LogP contribution in [0.2, 0.25) is 0 Å². The van der Waals surface area contributed by atoms with E-state index in [1.807, 2.05) is 24.3 Å². The van der Waals surface area contributed by atoms with E-state index in [1.54, 1.807) is 25.5 Å². The van der Waals surface area contributed by atoms with Crippen molar-refractivity contribution in [3.8, 4) is 11.8 Å². The number of halogens is 2. The van der Waals surface area contributed by atoms with Gasteiger partial charge in [-0.3, -0.25) is 29.8 Å². The summed E-state index contributed by atoms with van der Waals surface area (Å²) in [6.45, 7) is 8.90. The van der Waals surface area contributed by atoms with Crippen molar-refractivity contribution >= 4 is 29.7 Å². The maximum atomic E-state index is 13.7. The second kappa shape index (κ2) is 17.3. The minimum atomic E-state index is -2.81. The van der Waals surface area contributed by atoms with E-state index in [0.717, 1.165) is 69.3 Å². The highest BCUT2D eigenvalue weighted by molar-refractivity contribution is 6.01. The number of hydrogen-bond acceptors (Lipinski definition) is 9. The van der Waals surface area contributed by atoms with Crippen molar-refractivity contribution in [1.29, 1.82) is 0 Å². The number of carbonyl (C=O) groups excluding carboxylic acids is 4. The molecule has 2 aromatic rings. The second-order valence-corrected chi connectivity index (χ2v) is 15.5. The van der Waals surface area contributed by atoms with Crippen LogP contribution in [0.15, 0.2) is 30.5 Å². The normalized spacial score (nSPS) is 24.2. The average molecular weight is 753 g/mol. The zero-order chi connectivity index (χ0) is 38.4. The number of cyclic esters (lactones) is 1. The standard InChI is InChI=1S/C39H50F2N6O7/c1-39(2,3)54-37(50)42-30-23-47(44-34(30)35(40)41)28-13-9-26(10-14-28)22-45-19-17-29(18-20-45)52-21-5-4-6-25-7-11-27(12-8-25)32-24-46(38(51)53-32)31-15-16-33(48)43-36(31)49/h7-8,11-12,23,26,28-29,31-32,35H,5,9-10,13-22,24H2,1-3H3,(H,42,50)(H,43,48,49)/t26-,28-,31-,32+/m1/s1. The maximum Gasteiger partial charge on any atom is 0.412 e. The van der Waals surface area contributed by atoms with Crippen LogP contribution in [0.25, 0.3) is 0 Å². The summed E-state index contributed by atoms with van der Waals surface area (Å²) >= 11 is 0. The molecule has 15 heteroatoms. The quantitative estimate of drug-likeness (QED) is 0.167. The van der Waals surface area contributed by atoms with Crippen molar-refractivity contribution in [3.05, 3.63) is 47.3 Å². The Morgan fingerprint density at radius 3 is 2.44 bits per heavy atom. The minimum Gasteiger partial charge on any atom is -0.444 e. The number of rotatable bonds is 10. The Morgan fingerprint density at radius 1 is 1.06 bits per heavy atom. The lowest BCUT2D eigenvalue weighted by molar-refractivity contribution is -0.136. The first-order valence-electron chi connectivity index (χ1n) is 18.9.